The van der Waals surface area contributed by atoms with Gasteiger partial charge in [-0.05, 0) is 25.5 Å². The first-order chi connectivity index (χ1) is 10.1. The SMILES string of the molecule is CC[C@@H](C)NC(=O)COc1nn(-c2ccccc2)cc1Cl. The molecule has 0 spiro atoms. The molecule has 0 unspecified atom stereocenters. The summed E-state index contributed by atoms with van der Waals surface area (Å²) in [4.78, 5) is 11.7. The van der Waals surface area contributed by atoms with E-state index in [-0.39, 0.29) is 24.4 Å². The number of hydrogen-bond donors (Lipinski definition) is 1. The minimum atomic E-state index is -0.185. The third-order valence-electron chi connectivity index (χ3n) is 3.02. The minimum absolute atomic E-state index is 0.101. The normalized spacial score (nSPS) is 12.0. The number of hydrogen-bond acceptors (Lipinski definition) is 3. The second kappa shape index (κ2) is 7.13. The molecule has 112 valence electrons. The van der Waals surface area contributed by atoms with E-state index in [4.69, 9.17) is 16.3 Å². The zero-order valence-corrected chi connectivity index (χ0v) is 12.8. The van der Waals surface area contributed by atoms with Gasteiger partial charge >= 0.3 is 0 Å². The van der Waals surface area contributed by atoms with E-state index in [1.807, 2.05) is 44.2 Å². The molecule has 0 fully saturated rings. The van der Waals surface area contributed by atoms with Crippen LogP contribution in [0.4, 0.5) is 0 Å². The number of rotatable bonds is 6. The van der Waals surface area contributed by atoms with Crippen LogP contribution in [-0.4, -0.2) is 28.3 Å². The minimum Gasteiger partial charge on any atom is -0.465 e. The molecule has 21 heavy (non-hydrogen) atoms. The van der Waals surface area contributed by atoms with Crippen LogP contribution in [-0.2, 0) is 4.79 Å². The summed E-state index contributed by atoms with van der Waals surface area (Å²) in [6.07, 6.45) is 2.52. The van der Waals surface area contributed by atoms with Gasteiger partial charge in [-0.15, -0.1) is 5.10 Å². The maximum Gasteiger partial charge on any atom is 0.258 e. The predicted octanol–water partition coefficient (Wildman–Crippen LogP) is 2.82. The van der Waals surface area contributed by atoms with Gasteiger partial charge in [0.15, 0.2) is 6.61 Å². The van der Waals surface area contributed by atoms with Crippen molar-refractivity contribution < 1.29 is 9.53 Å². The summed E-state index contributed by atoms with van der Waals surface area (Å²) >= 11 is 6.07. The van der Waals surface area contributed by atoms with Crippen molar-refractivity contribution in [2.75, 3.05) is 6.61 Å². The fraction of sp³-hybridized carbons (Fsp3) is 0.333. The van der Waals surface area contributed by atoms with Crippen molar-refractivity contribution in [2.45, 2.75) is 26.3 Å². The van der Waals surface area contributed by atoms with E-state index in [2.05, 4.69) is 10.4 Å². The fourth-order valence-corrected chi connectivity index (χ4v) is 1.89. The Kier molecular flexibility index (Phi) is 5.22. The number of amides is 1. The van der Waals surface area contributed by atoms with E-state index in [0.717, 1.165) is 12.1 Å². The first-order valence-corrected chi connectivity index (χ1v) is 7.20. The molecule has 1 heterocycles. The van der Waals surface area contributed by atoms with Crippen molar-refractivity contribution in [3.8, 4) is 11.6 Å². The van der Waals surface area contributed by atoms with Gasteiger partial charge in [-0.2, -0.15) is 0 Å². The van der Waals surface area contributed by atoms with E-state index in [1.165, 1.54) is 0 Å². The summed E-state index contributed by atoms with van der Waals surface area (Å²) in [5.74, 6) is 0.0644. The standard InChI is InChI=1S/C15H18ClN3O2/c1-3-11(2)17-14(20)10-21-15-13(16)9-19(18-15)12-7-5-4-6-8-12/h4-9,11H,3,10H2,1-2H3,(H,17,20)/t11-/m1/s1. The number of benzene rings is 1. The maximum absolute atomic E-state index is 11.7. The van der Waals surface area contributed by atoms with Crippen LogP contribution >= 0.6 is 11.6 Å². The number of ether oxygens (including phenoxy) is 1. The van der Waals surface area contributed by atoms with Gasteiger partial charge in [-0.25, -0.2) is 4.68 Å². The molecule has 5 nitrogen and oxygen atoms in total. The van der Waals surface area contributed by atoms with Crippen molar-refractivity contribution >= 4 is 17.5 Å². The van der Waals surface area contributed by atoms with Crippen molar-refractivity contribution in [1.82, 2.24) is 15.1 Å². The molecule has 1 amide bonds. The molecule has 1 aromatic carbocycles. The Morgan fingerprint density at radius 1 is 1.43 bits per heavy atom. The summed E-state index contributed by atoms with van der Waals surface area (Å²) in [6, 6.07) is 9.67. The lowest BCUT2D eigenvalue weighted by Gasteiger charge is -2.11. The van der Waals surface area contributed by atoms with E-state index in [0.29, 0.717) is 5.02 Å². The summed E-state index contributed by atoms with van der Waals surface area (Å²) in [6.45, 7) is 3.84. The van der Waals surface area contributed by atoms with Gasteiger partial charge in [0.1, 0.15) is 5.02 Å². The lowest BCUT2D eigenvalue weighted by Crippen LogP contribution is -2.35. The molecule has 0 radical (unpaired) electrons. The number of nitrogens with zero attached hydrogens (tertiary/aromatic N) is 2. The summed E-state index contributed by atoms with van der Waals surface area (Å²) in [5.41, 5.74) is 0.873. The second-order valence-corrected chi connectivity index (χ2v) is 5.13. The molecule has 0 aliphatic heterocycles. The van der Waals surface area contributed by atoms with Crippen LogP contribution in [0.25, 0.3) is 5.69 Å². The molecular formula is C15H18ClN3O2. The summed E-state index contributed by atoms with van der Waals surface area (Å²) < 4.78 is 6.99. The molecule has 2 aromatic rings. The Labute approximate surface area is 128 Å². The first kappa shape index (κ1) is 15.4. The van der Waals surface area contributed by atoms with Crippen molar-refractivity contribution in [3.05, 3.63) is 41.6 Å². The number of para-hydroxylation sites is 1. The number of halogens is 1. The Balaban J connectivity index is 1.99. The highest BCUT2D eigenvalue weighted by Gasteiger charge is 2.12. The number of carbonyl (C=O) groups is 1. The fourth-order valence-electron chi connectivity index (χ4n) is 1.70. The molecule has 1 aromatic heterocycles. The van der Waals surface area contributed by atoms with Crippen LogP contribution in [0.3, 0.4) is 0 Å². The third-order valence-corrected chi connectivity index (χ3v) is 3.28. The highest BCUT2D eigenvalue weighted by molar-refractivity contribution is 6.31. The zero-order valence-electron chi connectivity index (χ0n) is 12.0. The van der Waals surface area contributed by atoms with Crippen LogP contribution in [0, 0.1) is 0 Å². The molecule has 2 rings (SSSR count). The summed E-state index contributed by atoms with van der Waals surface area (Å²) in [7, 11) is 0. The average molecular weight is 308 g/mol. The number of aromatic nitrogens is 2. The van der Waals surface area contributed by atoms with Gasteiger partial charge < -0.3 is 10.1 Å². The lowest BCUT2D eigenvalue weighted by atomic mass is 10.2. The molecule has 0 saturated heterocycles. The van der Waals surface area contributed by atoms with E-state index in [1.54, 1.807) is 10.9 Å². The topological polar surface area (TPSA) is 56.1 Å². The highest BCUT2D eigenvalue weighted by atomic mass is 35.5. The van der Waals surface area contributed by atoms with Gasteiger partial charge in [-0.1, -0.05) is 36.7 Å². The Morgan fingerprint density at radius 2 is 2.14 bits per heavy atom. The lowest BCUT2D eigenvalue weighted by molar-refractivity contribution is -0.123. The Bertz CT molecular complexity index is 598. The van der Waals surface area contributed by atoms with Crippen LogP contribution in [0.1, 0.15) is 20.3 Å². The molecule has 6 heteroatoms. The number of carbonyl (C=O) groups excluding carboxylic acids is 1. The Morgan fingerprint density at radius 3 is 2.81 bits per heavy atom. The molecule has 1 N–H and O–H groups in total. The summed E-state index contributed by atoms with van der Waals surface area (Å²) in [5, 5.41) is 7.42. The molecular weight excluding hydrogens is 290 g/mol. The maximum atomic E-state index is 11.7. The smallest absolute Gasteiger partial charge is 0.258 e. The van der Waals surface area contributed by atoms with E-state index < -0.39 is 0 Å². The number of nitrogens with one attached hydrogen (secondary N) is 1. The van der Waals surface area contributed by atoms with E-state index >= 15 is 0 Å². The van der Waals surface area contributed by atoms with Gasteiger partial charge in [-0.3, -0.25) is 4.79 Å². The van der Waals surface area contributed by atoms with Gasteiger partial charge in [0.05, 0.1) is 11.9 Å². The second-order valence-electron chi connectivity index (χ2n) is 4.73. The van der Waals surface area contributed by atoms with Crippen LogP contribution < -0.4 is 10.1 Å². The monoisotopic (exact) mass is 307 g/mol. The third kappa shape index (κ3) is 4.23. The molecule has 1 atom stereocenters. The van der Waals surface area contributed by atoms with Crippen molar-refractivity contribution in [3.63, 3.8) is 0 Å². The molecule has 0 aliphatic carbocycles. The average Bonchev–Trinajstić information content (AvgIpc) is 2.87. The quantitative estimate of drug-likeness (QED) is 0.893. The van der Waals surface area contributed by atoms with Gasteiger partial charge in [0.25, 0.3) is 11.8 Å². The van der Waals surface area contributed by atoms with Crippen LogP contribution in [0.2, 0.25) is 5.02 Å². The van der Waals surface area contributed by atoms with Crippen molar-refractivity contribution in [2.24, 2.45) is 0 Å². The Hall–Kier alpha value is -2.01. The highest BCUT2D eigenvalue weighted by Crippen LogP contribution is 2.23. The molecule has 0 bridgehead atoms. The molecule has 0 saturated carbocycles. The zero-order chi connectivity index (χ0) is 15.2. The van der Waals surface area contributed by atoms with Gasteiger partial charge in [0, 0.05) is 6.04 Å². The van der Waals surface area contributed by atoms with Crippen molar-refractivity contribution in [1.29, 1.82) is 0 Å². The predicted molar refractivity (Wildman–Crippen MR) is 82.0 cm³/mol. The largest absolute Gasteiger partial charge is 0.465 e. The van der Waals surface area contributed by atoms with Crippen LogP contribution in [0.15, 0.2) is 36.5 Å². The molecule has 0 aliphatic rings. The van der Waals surface area contributed by atoms with Crippen LogP contribution in [0.5, 0.6) is 5.88 Å². The first-order valence-electron chi connectivity index (χ1n) is 6.83. The van der Waals surface area contributed by atoms with E-state index in [9.17, 15) is 4.79 Å². The van der Waals surface area contributed by atoms with Gasteiger partial charge in [0.2, 0.25) is 0 Å².